The highest BCUT2D eigenvalue weighted by Crippen LogP contribution is 2.46. The molecule has 2 nitrogen and oxygen atoms in total. The molecule has 0 unspecified atom stereocenters. The summed E-state index contributed by atoms with van der Waals surface area (Å²) in [5.41, 5.74) is 0.796. The zero-order valence-electron chi connectivity index (χ0n) is 8.19. The Kier molecular flexibility index (Phi) is 5.61. The molecule has 0 aromatic heterocycles. The lowest BCUT2D eigenvalue weighted by Crippen LogP contribution is -2.21. The van der Waals surface area contributed by atoms with E-state index in [4.69, 9.17) is 34.8 Å². The van der Waals surface area contributed by atoms with Crippen molar-refractivity contribution in [2.45, 2.75) is 3.12 Å². The van der Waals surface area contributed by atoms with Crippen molar-refractivity contribution in [1.29, 1.82) is 0 Å². The number of anilines is 1. The van der Waals surface area contributed by atoms with Crippen LogP contribution in [-0.4, -0.2) is 15.4 Å². The molecule has 0 atom stereocenters. The summed E-state index contributed by atoms with van der Waals surface area (Å²) >= 11 is 16.6. The van der Waals surface area contributed by atoms with Crippen molar-refractivity contribution in [3.8, 4) is 0 Å². The molecular formula is C9H8Cl3NOS2. The van der Waals surface area contributed by atoms with Gasteiger partial charge in [-0.05, 0) is 22.9 Å². The van der Waals surface area contributed by atoms with Gasteiger partial charge in [-0.1, -0.05) is 53.0 Å². The van der Waals surface area contributed by atoms with Crippen molar-refractivity contribution in [2.24, 2.45) is 0 Å². The van der Waals surface area contributed by atoms with Crippen molar-refractivity contribution in [1.82, 2.24) is 0 Å². The van der Waals surface area contributed by atoms with E-state index in [1.54, 1.807) is 7.05 Å². The Bertz CT molecular complexity index is 356. The predicted molar refractivity (Wildman–Crippen MR) is 75.7 cm³/mol. The first kappa shape index (κ1) is 14.3. The first-order valence-electron chi connectivity index (χ1n) is 4.15. The molecule has 1 aromatic rings. The van der Waals surface area contributed by atoms with Crippen LogP contribution in [0.5, 0.6) is 0 Å². The number of para-hydroxylation sites is 1. The first-order chi connectivity index (χ1) is 7.40. The predicted octanol–water partition coefficient (Wildman–Crippen LogP) is 4.95. The molecule has 0 aliphatic carbocycles. The summed E-state index contributed by atoms with van der Waals surface area (Å²) < 4.78 is -1.49. The summed E-state index contributed by atoms with van der Waals surface area (Å²) in [5.74, 6) is 0. The van der Waals surface area contributed by atoms with Crippen molar-refractivity contribution in [3.63, 3.8) is 0 Å². The van der Waals surface area contributed by atoms with Gasteiger partial charge in [0.25, 0.3) is 5.24 Å². The molecule has 16 heavy (non-hydrogen) atoms. The quantitative estimate of drug-likeness (QED) is 0.568. The number of alkyl halides is 3. The van der Waals surface area contributed by atoms with Crippen molar-refractivity contribution in [3.05, 3.63) is 30.3 Å². The molecule has 1 amide bonds. The highest BCUT2D eigenvalue weighted by molar-refractivity contribution is 8.83. The average molecular weight is 317 g/mol. The molecule has 1 aromatic carbocycles. The van der Waals surface area contributed by atoms with Gasteiger partial charge in [0.15, 0.2) is 0 Å². The molecule has 0 fully saturated rings. The number of nitrogens with zero attached hydrogens (tertiary/aromatic N) is 1. The van der Waals surface area contributed by atoms with Crippen LogP contribution in [0.25, 0.3) is 0 Å². The molecule has 1 rings (SSSR count). The number of rotatable bonds is 2. The molecule has 0 spiro atoms. The molecule has 0 saturated heterocycles. The molecule has 0 radical (unpaired) electrons. The van der Waals surface area contributed by atoms with Crippen LogP contribution in [-0.2, 0) is 0 Å². The van der Waals surface area contributed by atoms with Crippen LogP contribution >= 0.6 is 56.4 Å². The minimum absolute atomic E-state index is 0.192. The van der Waals surface area contributed by atoms with Gasteiger partial charge in [-0.15, -0.1) is 0 Å². The molecule has 0 aliphatic heterocycles. The Balaban J connectivity index is 2.55. The van der Waals surface area contributed by atoms with Crippen LogP contribution in [0.4, 0.5) is 10.5 Å². The van der Waals surface area contributed by atoms with Gasteiger partial charge >= 0.3 is 0 Å². The number of carbonyl (C=O) groups is 1. The molecule has 0 bridgehead atoms. The molecule has 88 valence electrons. The summed E-state index contributed by atoms with van der Waals surface area (Å²) in [5, 5.41) is -0.192. The maximum Gasteiger partial charge on any atom is 0.296 e. The van der Waals surface area contributed by atoms with Crippen LogP contribution in [0.2, 0.25) is 0 Å². The van der Waals surface area contributed by atoms with Gasteiger partial charge in [-0.25, -0.2) is 0 Å². The maximum absolute atomic E-state index is 11.7. The molecule has 0 saturated carbocycles. The fourth-order valence-corrected chi connectivity index (χ4v) is 2.96. The Morgan fingerprint density at radius 3 is 2.31 bits per heavy atom. The fraction of sp³-hybridized carbons (Fsp3) is 0.222. The largest absolute Gasteiger partial charge is 0.306 e. The topological polar surface area (TPSA) is 20.3 Å². The van der Waals surface area contributed by atoms with E-state index in [1.807, 2.05) is 30.3 Å². The van der Waals surface area contributed by atoms with Crippen LogP contribution in [0.15, 0.2) is 30.3 Å². The van der Waals surface area contributed by atoms with E-state index in [9.17, 15) is 4.79 Å². The number of hydrogen-bond acceptors (Lipinski definition) is 3. The number of hydrogen-bond donors (Lipinski definition) is 0. The first-order valence-corrected chi connectivity index (χ1v) is 7.43. The summed E-state index contributed by atoms with van der Waals surface area (Å²) in [4.78, 5) is 13.2. The van der Waals surface area contributed by atoms with Crippen molar-refractivity contribution in [2.75, 3.05) is 11.9 Å². The van der Waals surface area contributed by atoms with Gasteiger partial charge in [-0.3, -0.25) is 4.79 Å². The van der Waals surface area contributed by atoms with E-state index in [2.05, 4.69) is 0 Å². The van der Waals surface area contributed by atoms with E-state index < -0.39 is 3.12 Å². The van der Waals surface area contributed by atoms with Crippen LogP contribution in [0.1, 0.15) is 0 Å². The SMILES string of the molecule is CN(C(=O)SSC(Cl)(Cl)Cl)c1ccccc1. The lowest BCUT2D eigenvalue weighted by Gasteiger charge is -2.17. The van der Waals surface area contributed by atoms with E-state index >= 15 is 0 Å². The van der Waals surface area contributed by atoms with Crippen molar-refractivity contribution < 1.29 is 4.79 Å². The number of benzene rings is 1. The normalized spacial score (nSPS) is 11.2. The zero-order chi connectivity index (χ0) is 12.2. The van der Waals surface area contributed by atoms with Gasteiger partial charge in [-0.2, -0.15) is 0 Å². The van der Waals surface area contributed by atoms with Gasteiger partial charge < -0.3 is 4.90 Å². The molecular weight excluding hydrogens is 309 g/mol. The molecule has 0 N–H and O–H groups in total. The molecule has 7 heteroatoms. The van der Waals surface area contributed by atoms with Gasteiger partial charge in [0.2, 0.25) is 3.12 Å². The van der Waals surface area contributed by atoms with Crippen LogP contribution < -0.4 is 4.90 Å². The summed E-state index contributed by atoms with van der Waals surface area (Å²) in [6.07, 6.45) is 0. The molecule has 0 aliphatic rings. The van der Waals surface area contributed by atoms with Crippen LogP contribution in [0.3, 0.4) is 0 Å². The monoisotopic (exact) mass is 315 g/mol. The van der Waals surface area contributed by atoms with Crippen molar-refractivity contribution >= 4 is 67.3 Å². The maximum atomic E-state index is 11.7. The Morgan fingerprint density at radius 1 is 1.25 bits per heavy atom. The van der Waals surface area contributed by atoms with Gasteiger partial charge in [0.05, 0.1) is 0 Å². The van der Waals surface area contributed by atoms with E-state index in [0.29, 0.717) is 0 Å². The number of carbonyl (C=O) groups excluding carboxylic acids is 1. The number of halogens is 3. The smallest absolute Gasteiger partial charge is 0.296 e. The second kappa shape index (κ2) is 6.26. The molecule has 0 heterocycles. The summed E-state index contributed by atoms with van der Waals surface area (Å²) in [6, 6.07) is 9.25. The summed E-state index contributed by atoms with van der Waals surface area (Å²) in [7, 11) is 3.45. The fourth-order valence-electron chi connectivity index (χ4n) is 0.896. The average Bonchev–Trinajstić information content (AvgIpc) is 2.25. The number of amides is 1. The Morgan fingerprint density at radius 2 is 1.81 bits per heavy atom. The van der Waals surface area contributed by atoms with E-state index in [0.717, 1.165) is 27.3 Å². The Labute approximate surface area is 117 Å². The standard InChI is InChI=1S/C9H8Cl3NOS2/c1-13(7-5-3-2-4-6-7)8(14)15-16-9(10,11)12/h2-6H,1H3. The van der Waals surface area contributed by atoms with E-state index in [1.165, 1.54) is 4.90 Å². The lowest BCUT2D eigenvalue weighted by molar-refractivity contribution is 0.266. The second-order valence-corrected chi connectivity index (χ2v) is 8.02. The zero-order valence-corrected chi connectivity index (χ0v) is 12.1. The second-order valence-electron chi connectivity index (χ2n) is 2.77. The third-order valence-electron chi connectivity index (χ3n) is 1.62. The highest BCUT2D eigenvalue weighted by atomic mass is 35.6. The van der Waals surface area contributed by atoms with E-state index in [-0.39, 0.29) is 5.24 Å². The third kappa shape index (κ3) is 5.06. The highest BCUT2D eigenvalue weighted by Gasteiger charge is 2.24. The van der Waals surface area contributed by atoms with Gasteiger partial charge in [0, 0.05) is 23.5 Å². The third-order valence-corrected chi connectivity index (χ3v) is 5.26. The minimum atomic E-state index is -1.49. The van der Waals surface area contributed by atoms with Gasteiger partial charge in [0.1, 0.15) is 0 Å². The lowest BCUT2D eigenvalue weighted by atomic mass is 10.3. The summed E-state index contributed by atoms with van der Waals surface area (Å²) in [6.45, 7) is 0. The van der Waals surface area contributed by atoms with Crippen LogP contribution in [0, 0.1) is 0 Å². The Hall–Kier alpha value is 0.260. The minimum Gasteiger partial charge on any atom is -0.306 e.